The predicted octanol–water partition coefficient (Wildman–Crippen LogP) is -1.83. The molecule has 7 heavy (non-hydrogen) atoms. The van der Waals surface area contributed by atoms with E-state index in [1.807, 2.05) is 0 Å². The van der Waals surface area contributed by atoms with Crippen molar-refractivity contribution in [3.05, 3.63) is 0 Å². The molecule has 0 saturated carbocycles. The average molecular weight is 108 g/mol. The Labute approximate surface area is 41.1 Å². The Morgan fingerprint density at radius 3 is 1.29 bits per heavy atom. The monoisotopic (exact) mass is 108 g/mol. The smallest absolute Gasteiger partial charge is 0.182 e. The molecule has 0 heterocycles. The van der Waals surface area contributed by atoms with Crippen molar-refractivity contribution in [1.82, 2.24) is 0 Å². The summed E-state index contributed by atoms with van der Waals surface area (Å²) in [5.74, 6) is 0. The Kier molecular flexibility index (Phi) is 140. The van der Waals surface area contributed by atoms with E-state index < -0.39 is 0 Å². The van der Waals surface area contributed by atoms with Crippen LogP contribution in [0.15, 0.2) is 0 Å². The second-order valence-electron chi connectivity index (χ2n) is 0.272. The van der Waals surface area contributed by atoms with Crippen LogP contribution in [-0.2, 0) is 9.59 Å². The van der Waals surface area contributed by atoms with Gasteiger partial charge in [-0.05, 0) is 0 Å². The highest BCUT2D eigenvalue weighted by Crippen LogP contribution is 1.12. The Hall–Kier alpha value is -0.740. The van der Waals surface area contributed by atoms with E-state index in [9.17, 15) is 0 Å². The minimum atomic E-state index is 0. The van der Waals surface area contributed by atoms with Gasteiger partial charge in [-0.25, -0.2) is 0 Å². The summed E-state index contributed by atoms with van der Waals surface area (Å²) in [4.78, 5) is 17.6. The van der Waals surface area contributed by atoms with Crippen LogP contribution in [0.1, 0.15) is 0 Å². The van der Waals surface area contributed by atoms with Crippen LogP contribution in [0.2, 0.25) is 0 Å². The van der Waals surface area contributed by atoms with Crippen molar-refractivity contribution in [2.24, 2.45) is 0 Å². The highest BCUT2D eigenvalue weighted by Gasteiger charge is 1.47. The quantitative estimate of drug-likeness (QED) is 0.316. The molecule has 0 bridgehead atoms. The van der Waals surface area contributed by atoms with E-state index in [1.165, 1.54) is 0 Å². The Bertz CT molecular complexity index is 27.9. The first-order valence-corrected chi connectivity index (χ1v) is 1.25. The van der Waals surface area contributed by atoms with Crippen LogP contribution in [0.5, 0.6) is 0 Å². The van der Waals surface area contributed by atoms with Crippen molar-refractivity contribution in [3.8, 4) is 0 Å². The predicted molar refractivity (Wildman–Crippen MR) is 23.9 cm³/mol. The summed E-state index contributed by atoms with van der Waals surface area (Å²) < 4.78 is 0. The fourth-order valence-corrected chi connectivity index (χ4v) is 0. The molecular formula is C3H8O4. The second-order valence-corrected chi connectivity index (χ2v) is 0.272. The normalized spacial score (nSPS) is 3.71. The van der Waals surface area contributed by atoms with E-state index in [4.69, 9.17) is 14.7 Å². The van der Waals surface area contributed by atoms with E-state index in [-0.39, 0.29) is 18.0 Å². The maximum absolute atomic E-state index is 8.81. The summed E-state index contributed by atoms with van der Waals surface area (Å²) in [7, 11) is 1.00. The van der Waals surface area contributed by atoms with Crippen LogP contribution < -0.4 is 0 Å². The number of hydrogen-bond donors (Lipinski definition) is 1. The third-order valence-corrected chi connectivity index (χ3v) is 0.0556. The van der Waals surface area contributed by atoms with E-state index in [2.05, 4.69) is 0 Å². The average Bonchev–Trinajstić information content (AvgIpc) is 1.72. The van der Waals surface area contributed by atoms with Gasteiger partial charge in [0.25, 0.3) is 0 Å². The Morgan fingerprint density at radius 1 is 1.14 bits per heavy atom. The molecule has 0 amide bonds. The van der Waals surface area contributed by atoms with Crippen molar-refractivity contribution in [2.75, 3.05) is 7.11 Å². The molecule has 0 aliphatic carbocycles. The molecule has 0 aromatic heterocycles. The van der Waals surface area contributed by atoms with Crippen LogP contribution in [-0.4, -0.2) is 30.3 Å². The molecule has 0 radical (unpaired) electrons. The lowest BCUT2D eigenvalue weighted by Gasteiger charge is -1.31. The SMILES string of the molecule is CO.O.O=CC=O. The minimum absolute atomic E-state index is 0. The van der Waals surface area contributed by atoms with Gasteiger partial charge in [-0.1, -0.05) is 0 Å². The summed E-state index contributed by atoms with van der Waals surface area (Å²) >= 11 is 0. The third-order valence-electron chi connectivity index (χ3n) is 0.0556. The number of aliphatic hydroxyl groups is 1. The number of carbonyl (C=O) groups excluding carboxylic acids is 2. The van der Waals surface area contributed by atoms with E-state index in [0.717, 1.165) is 7.11 Å². The molecule has 44 valence electrons. The van der Waals surface area contributed by atoms with Gasteiger partial charge in [0.15, 0.2) is 12.6 Å². The molecule has 4 nitrogen and oxygen atoms in total. The van der Waals surface area contributed by atoms with Crippen LogP contribution in [0, 0.1) is 0 Å². The number of aldehydes is 2. The molecule has 0 fully saturated rings. The van der Waals surface area contributed by atoms with Gasteiger partial charge in [0.1, 0.15) is 0 Å². The number of hydrogen-bond acceptors (Lipinski definition) is 3. The number of aliphatic hydroxyl groups excluding tert-OH is 1. The van der Waals surface area contributed by atoms with Crippen LogP contribution in [0.3, 0.4) is 0 Å². The van der Waals surface area contributed by atoms with Crippen molar-refractivity contribution < 1.29 is 20.2 Å². The van der Waals surface area contributed by atoms with Gasteiger partial charge < -0.3 is 10.6 Å². The molecule has 0 aromatic rings. The second kappa shape index (κ2) is 60.1. The minimum Gasteiger partial charge on any atom is -0.412 e. The molecule has 0 saturated heterocycles. The molecule has 0 unspecified atom stereocenters. The van der Waals surface area contributed by atoms with Crippen molar-refractivity contribution in [2.45, 2.75) is 0 Å². The van der Waals surface area contributed by atoms with Crippen molar-refractivity contribution in [3.63, 3.8) is 0 Å². The van der Waals surface area contributed by atoms with E-state index >= 15 is 0 Å². The molecule has 4 heteroatoms. The maximum Gasteiger partial charge on any atom is 0.182 e. The zero-order chi connectivity index (χ0) is 5.41. The van der Waals surface area contributed by atoms with Crippen LogP contribution >= 0.6 is 0 Å². The molecule has 0 aromatic carbocycles. The van der Waals surface area contributed by atoms with Gasteiger partial charge in [-0.15, -0.1) is 0 Å². The van der Waals surface area contributed by atoms with Gasteiger partial charge in [0.05, 0.1) is 0 Å². The number of rotatable bonds is 1. The molecule has 0 rings (SSSR count). The van der Waals surface area contributed by atoms with Crippen LogP contribution in [0.4, 0.5) is 0 Å². The van der Waals surface area contributed by atoms with Crippen molar-refractivity contribution in [1.29, 1.82) is 0 Å². The molecule has 3 N–H and O–H groups in total. The maximum atomic E-state index is 8.81. The lowest BCUT2D eigenvalue weighted by atomic mass is 10.9. The first-order chi connectivity index (χ1) is 2.91. The Balaban J connectivity index is -0.0000000480. The van der Waals surface area contributed by atoms with Gasteiger partial charge in [0.2, 0.25) is 0 Å². The molecule has 0 spiro atoms. The Morgan fingerprint density at radius 2 is 1.29 bits per heavy atom. The zero-order valence-corrected chi connectivity index (χ0v) is 3.92. The highest BCUT2D eigenvalue weighted by molar-refractivity contribution is 6.09. The number of carbonyl (C=O) groups is 2. The highest BCUT2D eigenvalue weighted by atomic mass is 16.2. The molecular weight excluding hydrogens is 100 g/mol. The third kappa shape index (κ3) is 827. The summed E-state index contributed by atoms with van der Waals surface area (Å²) in [6.45, 7) is 0. The van der Waals surface area contributed by atoms with Gasteiger partial charge in [-0.3, -0.25) is 9.59 Å². The van der Waals surface area contributed by atoms with Crippen LogP contribution in [0.25, 0.3) is 0 Å². The fourth-order valence-electron chi connectivity index (χ4n) is 0. The van der Waals surface area contributed by atoms with E-state index in [1.54, 1.807) is 0 Å². The summed E-state index contributed by atoms with van der Waals surface area (Å²) in [6, 6.07) is 0. The van der Waals surface area contributed by atoms with Gasteiger partial charge in [-0.2, -0.15) is 0 Å². The summed E-state index contributed by atoms with van der Waals surface area (Å²) in [5, 5.41) is 7.00. The van der Waals surface area contributed by atoms with Crippen molar-refractivity contribution >= 4 is 12.6 Å². The van der Waals surface area contributed by atoms with Gasteiger partial charge in [0, 0.05) is 7.11 Å². The molecule has 0 atom stereocenters. The standard InChI is InChI=1S/C2H2O2.CH4O.H2O/c3-1-2-4;1-2;/h1-2H;2H,1H3;1H2. The topological polar surface area (TPSA) is 85.9 Å². The molecule has 0 aliphatic rings. The van der Waals surface area contributed by atoms with Gasteiger partial charge >= 0.3 is 0 Å². The first-order valence-electron chi connectivity index (χ1n) is 1.25. The lowest BCUT2D eigenvalue weighted by molar-refractivity contribution is -0.122. The van der Waals surface area contributed by atoms with E-state index in [0.29, 0.717) is 0 Å². The zero-order valence-electron chi connectivity index (χ0n) is 3.92. The summed E-state index contributed by atoms with van der Waals surface area (Å²) in [5.41, 5.74) is 0. The lowest BCUT2D eigenvalue weighted by Crippen LogP contribution is -1.62. The first kappa shape index (κ1) is 16.3. The molecule has 0 aliphatic heterocycles. The summed E-state index contributed by atoms with van der Waals surface area (Å²) in [6.07, 6.45) is 0.389. The largest absolute Gasteiger partial charge is 0.412 e. The fraction of sp³-hybridized carbons (Fsp3) is 0.333.